The summed E-state index contributed by atoms with van der Waals surface area (Å²) in [5, 5.41) is 3.45. The molecule has 2 aromatic carbocycles. The summed E-state index contributed by atoms with van der Waals surface area (Å²) in [6, 6.07) is 16.7. The number of ether oxygens (including phenoxy) is 1. The Hall–Kier alpha value is -2.16. The minimum Gasteiger partial charge on any atom is -0.493 e. The predicted octanol–water partition coefficient (Wildman–Crippen LogP) is 4.40. The maximum absolute atomic E-state index is 5.77. The van der Waals surface area contributed by atoms with Crippen LogP contribution >= 0.6 is 0 Å². The van der Waals surface area contributed by atoms with E-state index in [0.29, 0.717) is 5.92 Å². The summed E-state index contributed by atoms with van der Waals surface area (Å²) in [5.74, 6) is 1.48. The Kier molecular flexibility index (Phi) is 5.70. The number of rotatable bonds is 7. The van der Waals surface area contributed by atoms with E-state index in [-0.39, 0.29) is 0 Å². The lowest BCUT2D eigenvalue weighted by molar-refractivity contribution is 0.271. The first-order chi connectivity index (χ1) is 10.5. The lowest BCUT2D eigenvalue weighted by Crippen LogP contribution is -2.08. The summed E-state index contributed by atoms with van der Waals surface area (Å²) < 4.78 is 5.77. The van der Waals surface area contributed by atoms with E-state index in [0.717, 1.165) is 24.6 Å². The summed E-state index contributed by atoms with van der Waals surface area (Å²) in [6.45, 7) is 5.86. The van der Waals surface area contributed by atoms with Crippen molar-refractivity contribution in [1.82, 2.24) is 0 Å². The van der Waals surface area contributed by atoms with Gasteiger partial charge in [0.1, 0.15) is 5.75 Å². The highest BCUT2D eigenvalue weighted by Gasteiger charge is 2.00. The molecule has 0 spiro atoms. The number of nitrogens with one attached hydrogen (secondary N) is 1. The Balaban J connectivity index is 1.92. The van der Waals surface area contributed by atoms with E-state index in [2.05, 4.69) is 60.5 Å². The first-order valence-electron chi connectivity index (χ1n) is 7.77. The Morgan fingerprint density at radius 3 is 2.41 bits per heavy atom. The van der Waals surface area contributed by atoms with Gasteiger partial charge in [-0.25, -0.2) is 0 Å². The molecule has 0 radical (unpaired) electrons. The molecule has 0 atom stereocenters. The molecule has 0 saturated heterocycles. The van der Waals surface area contributed by atoms with Gasteiger partial charge >= 0.3 is 0 Å². The summed E-state index contributed by atoms with van der Waals surface area (Å²) in [4.78, 5) is 2.10. The van der Waals surface area contributed by atoms with Crippen molar-refractivity contribution in [3.05, 3.63) is 54.1 Å². The van der Waals surface area contributed by atoms with E-state index in [9.17, 15) is 0 Å². The van der Waals surface area contributed by atoms with Gasteiger partial charge in [-0.1, -0.05) is 26.0 Å². The van der Waals surface area contributed by atoms with Crippen LogP contribution in [-0.4, -0.2) is 20.7 Å². The zero-order chi connectivity index (χ0) is 15.9. The lowest BCUT2D eigenvalue weighted by atomic mass is 10.2. The maximum Gasteiger partial charge on any atom is 0.119 e. The van der Waals surface area contributed by atoms with Gasteiger partial charge in [-0.2, -0.15) is 0 Å². The van der Waals surface area contributed by atoms with Crippen molar-refractivity contribution in [3.63, 3.8) is 0 Å². The molecule has 0 heterocycles. The molecular weight excluding hydrogens is 272 g/mol. The van der Waals surface area contributed by atoms with Crippen LogP contribution in [0.4, 0.5) is 11.4 Å². The number of benzene rings is 2. The molecule has 0 aromatic heterocycles. The average molecular weight is 298 g/mol. The third-order valence-electron chi connectivity index (χ3n) is 3.36. The largest absolute Gasteiger partial charge is 0.493 e. The van der Waals surface area contributed by atoms with Crippen molar-refractivity contribution < 1.29 is 4.74 Å². The Labute approximate surface area is 133 Å². The monoisotopic (exact) mass is 298 g/mol. The lowest BCUT2D eigenvalue weighted by Gasteiger charge is -2.14. The molecule has 3 heteroatoms. The van der Waals surface area contributed by atoms with Crippen LogP contribution in [0.5, 0.6) is 5.75 Å². The van der Waals surface area contributed by atoms with E-state index >= 15 is 0 Å². The van der Waals surface area contributed by atoms with E-state index in [1.165, 1.54) is 11.3 Å². The van der Waals surface area contributed by atoms with Crippen LogP contribution in [0.1, 0.15) is 19.4 Å². The molecule has 0 unspecified atom stereocenters. The smallest absolute Gasteiger partial charge is 0.119 e. The molecule has 0 saturated carbocycles. The topological polar surface area (TPSA) is 24.5 Å². The first-order valence-corrected chi connectivity index (χ1v) is 7.77. The highest BCUT2D eigenvalue weighted by molar-refractivity contribution is 5.54. The van der Waals surface area contributed by atoms with Crippen LogP contribution in [-0.2, 0) is 6.54 Å². The number of hydrogen-bond acceptors (Lipinski definition) is 3. The number of hydrogen-bond donors (Lipinski definition) is 1. The zero-order valence-corrected chi connectivity index (χ0v) is 14.0. The van der Waals surface area contributed by atoms with Gasteiger partial charge < -0.3 is 15.0 Å². The van der Waals surface area contributed by atoms with Crippen molar-refractivity contribution in [2.75, 3.05) is 30.9 Å². The van der Waals surface area contributed by atoms with Crippen molar-refractivity contribution in [3.8, 4) is 5.75 Å². The molecule has 1 N–H and O–H groups in total. The first kappa shape index (κ1) is 16.2. The molecule has 118 valence electrons. The second-order valence-corrected chi connectivity index (χ2v) is 6.15. The second kappa shape index (κ2) is 7.74. The molecule has 0 bridgehead atoms. The van der Waals surface area contributed by atoms with Crippen molar-refractivity contribution >= 4 is 11.4 Å². The molecule has 0 aliphatic carbocycles. The van der Waals surface area contributed by atoms with E-state index in [1.807, 2.05) is 26.2 Å². The van der Waals surface area contributed by atoms with E-state index in [4.69, 9.17) is 4.74 Å². The Morgan fingerprint density at radius 1 is 1.05 bits per heavy atom. The third kappa shape index (κ3) is 4.99. The van der Waals surface area contributed by atoms with E-state index in [1.54, 1.807) is 0 Å². The quantitative estimate of drug-likeness (QED) is 0.820. The van der Waals surface area contributed by atoms with Gasteiger partial charge in [-0.05, 0) is 47.9 Å². The van der Waals surface area contributed by atoms with Gasteiger partial charge in [-0.3, -0.25) is 0 Å². The molecule has 0 fully saturated rings. The van der Waals surface area contributed by atoms with Crippen LogP contribution < -0.4 is 15.0 Å². The molecular formula is C19H26N2O. The van der Waals surface area contributed by atoms with Crippen molar-refractivity contribution in [2.24, 2.45) is 5.92 Å². The van der Waals surface area contributed by atoms with Gasteiger partial charge in [0.25, 0.3) is 0 Å². The van der Waals surface area contributed by atoms with Gasteiger partial charge in [0.15, 0.2) is 0 Å². The Morgan fingerprint density at radius 2 is 1.77 bits per heavy atom. The van der Waals surface area contributed by atoms with Gasteiger partial charge in [0.05, 0.1) is 6.61 Å². The molecule has 0 amide bonds. The summed E-state index contributed by atoms with van der Waals surface area (Å²) >= 11 is 0. The SMILES string of the molecule is CC(C)COc1cccc(CNc2ccc(N(C)C)cc2)c1. The van der Waals surface area contributed by atoms with Crippen molar-refractivity contribution in [1.29, 1.82) is 0 Å². The van der Waals surface area contributed by atoms with E-state index < -0.39 is 0 Å². The normalized spacial score (nSPS) is 10.6. The minimum atomic E-state index is 0.539. The zero-order valence-electron chi connectivity index (χ0n) is 14.0. The van der Waals surface area contributed by atoms with Crippen LogP contribution in [0.3, 0.4) is 0 Å². The maximum atomic E-state index is 5.77. The molecule has 0 aliphatic heterocycles. The second-order valence-electron chi connectivity index (χ2n) is 6.15. The molecule has 3 nitrogen and oxygen atoms in total. The number of nitrogens with zero attached hydrogens (tertiary/aromatic N) is 1. The highest BCUT2D eigenvalue weighted by atomic mass is 16.5. The fourth-order valence-electron chi connectivity index (χ4n) is 2.09. The fraction of sp³-hybridized carbons (Fsp3) is 0.368. The summed E-state index contributed by atoms with van der Waals surface area (Å²) in [7, 11) is 4.09. The molecule has 2 rings (SSSR count). The average Bonchev–Trinajstić information content (AvgIpc) is 2.52. The minimum absolute atomic E-state index is 0.539. The highest BCUT2D eigenvalue weighted by Crippen LogP contribution is 2.18. The molecule has 2 aromatic rings. The standard InChI is InChI=1S/C19H26N2O/c1-15(2)14-22-19-7-5-6-16(12-19)13-20-17-8-10-18(11-9-17)21(3)4/h5-12,15,20H,13-14H2,1-4H3. The summed E-state index contributed by atoms with van der Waals surface area (Å²) in [6.07, 6.45) is 0. The van der Waals surface area contributed by atoms with Crippen LogP contribution in [0.2, 0.25) is 0 Å². The molecule has 0 aliphatic rings. The van der Waals surface area contributed by atoms with Crippen LogP contribution in [0.25, 0.3) is 0 Å². The third-order valence-corrected chi connectivity index (χ3v) is 3.36. The van der Waals surface area contributed by atoms with Crippen LogP contribution in [0, 0.1) is 5.92 Å². The van der Waals surface area contributed by atoms with Gasteiger partial charge in [0, 0.05) is 32.0 Å². The van der Waals surface area contributed by atoms with Crippen LogP contribution in [0.15, 0.2) is 48.5 Å². The fourth-order valence-corrected chi connectivity index (χ4v) is 2.09. The predicted molar refractivity (Wildman–Crippen MR) is 94.9 cm³/mol. The van der Waals surface area contributed by atoms with Gasteiger partial charge in [0.2, 0.25) is 0 Å². The summed E-state index contributed by atoms with van der Waals surface area (Å²) in [5.41, 5.74) is 3.55. The number of anilines is 2. The Bertz CT molecular complexity index is 576. The van der Waals surface area contributed by atoms with Gasteiger partial charge in [-0.15, -0.1) is 0 Å². The molecule has 22 heavy (non-hydrogen) atoms. The van der Waals surface area contributed by atoms with Crippen molar-refractivity contribution in [2.45, 2.75) is 20.4 Å².